The van der Waals surface area contributed by atoms with Crippen molar-refractivity contribution in [2.24, 2.45) is 0 Å². The Bertz CT molecular complexity index is 870. The molecule has 1 heterocycles. The number of rotatable bonds is 5. The summed E-state index contributed by atoms with van der Waals surface area (Å²) in [5.41, 5.74) is 4.41. The predicted molar refractivity (Wildman–Crippen MR) is 98.3 cm³/mol. The molecule has 9 heteroatoms. The van der Waals surface area contributed by atoms with E-state index in [2.05, 4.69) is 25.6 Å². The molecule has 0 aliphatic carbocycles. The van der Waals surface area contributed by atoms with E-state index >= 15 is 0 Å². The molecule has 1 aromatic heterocycles. The summed E-state index contributed by atoms with van der Waals surface area (Å²) in [6, 6.07) is 4.34. The molecule has 2 rings (SSSR count). The Morgan fingerprint density at radius 2 is 1.92 bits per heavy atom. The van der Waals surface area contributed by atoms with E-state index in [0.29, 0.717) is 11.4 Å². The number of H-pyrrole nitrogens is 1. The van der Waals surface area contributed by atoms with Crippen molar-refractivity contribution in [1.82, 2.24) is 15.5 Å². The molecule has 0 fully saturated rings. The number of amides is 2. The van der Waals surface area contributed by atoms with Gasteiger partial charge >= 0.3 is 6.03 Å². The van der Waals surface area contributed by atoms with Gasteiger partial charge in [0.25, 0.3) is 0 Å². The van der Waals surface area contributed by atoms with Crippen LogP contribution in [0.15, 0.2) is 18.2 Å². The summed E-state index contributed by atoms with van der Waals surface area (Å²) in [5, 5.41) is 12.6. The van der Waals surface area contributed by atoms with Crippen LogP contribution in [-0.4, -0.2) is 30.9 Å². The second-order valence-corrected chi connectivity index (χ2v) is 7.82. The van der Waals surface area contributed by atoms with Gasteiger partial charge in [-0.3, -0.25) is 9.82 Å². The van der Waals surface area contributed by atoms with E-state index < -0.39 is 10.0 Å². The first-order chi connectivity index (χ1) is 11.6. The molecule has 0 bridgehead atoms. The maximum atomic E-state index is 12.3. The average Bonchev–Trinajstić information content (AvgIpc) is 2.80. The Morgan fingerprint density at radius 3 is 2.48 bits per heavy atom. The standard InChI is InChI=1S/C16H23N5O3S/c1-9-6-7-13(21-25(5,23)24)8-14(9)18-16(22)17-10(2)15-11(3)19-20-12(15)4/h6-8,10,21H,1-5H3,(H,19,20)(H2,17,18,22)/t10-/m1/s1. The SMILES string of the molecule is Cc1ccc(NS(C)(=O)=O)cc1NC(=O)N[C@H](C)c1c(C)n[nH]c1C. The van der Waals surface area contributed by atoms with E-state index in [1.165, 1.54) is 0 Å². The molecule has 4 N–H and O–H groups in total. The summed E-state index contributed by atoms with van der Waals surface area (Å²) in [6.45, 7) is 7.47. The van der Waals surface area contributed by atoms with Gasteiger partial charge in [0.2, 0.25) is 10.0 Å². The van der Waals surface area contributed by atoms with Gasteiger partial charge < -0.3 is 10.6 Å². The first-order valence-corrected chi connectivity index (χ1v) is 9.63. The fourth-order valence-electron chi connectivity index (χ4n) is 2.66. The molecule has 0 saturated heterocycles. The molecular formula is C16H23N5O3S. The number of nitrogens with zero attached hydrogens (tertiary/aromatic N) is 1. The number of urea groups is 1. The third-order valence-corrected chi connectivity index (χ3v) is 4.36. The molecule has 0 spiro atoms. The lowest BCUT2D eigenvalue weighted by molar-refractivity contribution is 0.249. The number of carbonyl (C=O) groups excluding carboxylic acids is 1. The van der Waals surface area contributed by atoms with Crippen LogP contribution in [0.4, 0.5) is 16.2 Å². The number of aromatic amines is 1. The Balaban J connectivity index is 2.11. The molecular weight excluding hydrogens is 342 g/mol. The van der Waals surface area contributed by atoms with E-state index in [1.807, 2.05) is 27.7 Å². The second-order valence-electron chi connectivity index (χ2n) is 6.07. The van der Waals surface area contributed by atoms with Crippen molar-refractivity contribution in [2.75, 3.05) is 16.3 Å². The van der Waals surface area contributed by atoms with E-state index in [-0.39, 0.29) is 12.1 Å². The first-order valence-electron chi connectivity index (χ1n) is 7.74. The van der Waals surface area contributed by atoms with Crippen molar-refractivity contribution < 1.29 is 13.2 Å². The highest BCUT2D eigenvalue weighted by Crippen LogP contribution is 2.22. The zero-order chi connectivity index (χ0) is 18.8. The smallest absolute Gasteiger partial charge is 0.319 e. The molecule has 2 amide bonds. The quantitative estimate of drug-likeness (QED) is 0.651. The number of aromatic nitrogens is 2. The van der Waals surface area contributed by atoms with Crippen molar-refractivity contribution in [3.05, 3.63) is 40.7 Å². The van der Waals surface area contributed by atoms with Gasteiger partial charge in [0, 0.05) is 16.9 Å². The predicted octanol–water partition coefficient (Wildman–Crippen LogP) is 2.59. The second kappa shape index (κ2) is 7.14. The zero-order valence-electron chi connectivity index (χ0n) is 14.9. The maximum Gasteiger partial charge on any atom is 0.319 e. The van der Waals surface area contributed by atoms with E-state index in [1.54, 1.807) is 18.2 Å². The molecule has 0 unspecified atom stereocenters. The number of anilines is 2. The summed E-state index contributed by atoms with van der Waals surface area (Å²) in [5.74, 6) is 0. The van der Waals surface area contributed by atoms with Crippen LogP contribution in [0.5, 0.6) is 0 Å². The third kappa shape index (κ3) is 4.96. The molecule has 0 aliphatic heterocycles. The normalized spacial score (nSPS) is 12.5. The molecule has 25 heavy (non-hydrogen) atoms. The number of aryl methyl sites for hydroxylation is 3. The molecule has 0 radical (unpaired) electrons. The summed E-state index contributed by atoms with van der Waals surface area (Å²) in [7, 11) is -3.38. The van der Waals surface area contributed by atoms with Crippen LogP contribution >= 0.6 is 0 Å². The van der Waals surface area contributed by atoms with Gasteiger partial charge in [-0.15, -0.1) is 0 Å². The lowest BCUT2D eigenvalue weighted by atomic mass is 10.1. The molecule has 2 aromatic rings. The topological polar surface area (TPSA) is 116 Å². The van der Waals surface area contributed by atoms with Gasteiger partial charge in [-0.25, -0.2) is 13.2 Å². The number of hydrogen-bond acceptors (Lipinski definition) is 4. The monoisotopic (exact) mass is 365 g/mol. The highest BCUT2D eigenvalue weighted by atomic mass is 32.2. The fraction of sp³-hybridized carbons (Fsp3) is 0.375. The molecule has 8 nitrogen and oxygen atoms in total. The van der Waals surface area contributed by atoms with Gasteiger partial charge in [-0.2, -0.15) is 5.10 Å². The molecule has 136 valence electrons. The number of carbonyl (C=O) groups is 1. The van der Waals surface area contributed by atoms with Crippen LogP contribution in [0.1, 0.15) is 35.5 Å². The molecule has 0 saturated carbocycles. The van der Waals surface area contributed by atoms with Crippen molar-refractivity contribution in [2.45, 2.75) is 33.7 Å². The van der Waals surface area contributed by atoms with Crippen LogP contribution in [0.3, 0.4) is 0 Å². The summed E-state index contributed by atoms with van der Waals surface area (Å²) >= 11 is 0. The number of nitrogens with one attached hydrogen (secondary N) is 4. The lowest BCUT2D eigenvalue weighted by Gasteiger charge is -2.17. The number of benzene rings is 1. The molecule has 1 atom stereocenters. The number of sulfonamides is 1. The van der Waals surface area contributed by atoms with Crippen LogP contribution in [-0.2, 0) is 10.0 Å². The molecule has 1 aromatic carbocycles. The largest absolute Gasteiger partial charge is 0.331 e. The Morgan fingerprint density at radius 1 is 1.24 bits per heavy atom. The van der Waals surface area contributed by atoms with Crippen LogP contribution in [0, 0.1) is 20.8 Å². The lowest BCUT2D eigenvalue weighted by Crippen LogP contribution is -2.31. The summed E-state index contributed by atoms with van der Waals surface area (Å²) in [6.07, 6.45) is 1.07. The highest BCUT2D eigenvalue weighted by molar-refractivity contribution is 7.92. The minimum atomic E-state index is -3.38. The Kier molecular flexibility index (Phi) is 5.36. The van der Waals surface area contributed by atoms with Crippen molar-refractivity contribution >= 4 is 27.4 Å². The van der Waals surface area contributed by atoms with Crippen molar-refractivity contribution in [3.63, 3.8) is 0 Å². The van der Waals surface area contributed by atoms with Gasteiger partial charge in [0.05, 0.1) is 23.7 Å². The van der Waals surface area contributed by atoms with Crippen molar-refractivity contribution in [3.8, 4) is 0 Å². The highest BCUT2D eigenvalue weighted by Gasteiger charge is 2.17. The van der Waals surface area contributed by atoms with Gasteiger partial charge in [-0.05, 0) is 45.4 Å². The summed E-state index contributed by atoms with van der Waals surface area (Å²) < 4.78 is 25.1. The minimum Gasteiger partial charge on any atom is -0.331 e. The molecule has 0 aliphatic rings. The van der Waals surface area contributed by atoms with Crippen molar-refractivity contribution in [1.29, 1.82) is 0 Å². The van der Waals surface area contributed by atoms with E-state index in [4.69, 9.17) is 0 Å². The van der Waals surface area contributed by atoms with Gasteiger partial charge in [0.1, 0.15) is 0 Å². The van der Waals surface area contributed by atoms with Crippen LogP contribution < -0.4 is 15.4 Å². The fourth-order valence-corrected chi connectivity index (χ4v) is 3.21. The van der Waals surface area contributed by atoms with Crippen LogP contribution in [0.2, 0.25) is 0 Å². The van der Waals surface area contributed by atoms with Crippen LogP contribution in [0.25, 0.3) is 0 Å². The Hall–Kier alpha value is -2.55. The Labute approximate surface area is 147 Å². The first kappa shape index (κ1) is 18.8. The zero-order valence-corrected chi connectivity index (χ0v) is 15.7. The third-order valence-electron chi connectivity index (χ3n) is 3.75. The number of hydrogen-bond donors (Lipinski definition) is 4. The van der Waals surface area contributed by atoms with Gasteiger partial charge in [0.15, 0.2) is 0 Å². The maximum absolute atomic E-state index is 12.3. The summed E-state index contributed by atoms with van der Waals surface area (Å²) in [4.78, 5) is 12.3. The van der Waals surface area contributed by atoms with E-state index in [9.17, 15) is 13.2 Å². The average molecular weight is 365 g/mol. The minimum absolute atomic E-state index is 0.226. The van der Waals surface area contributed by atoms with E-state index in [0.717, 1.165) is 28.8 Å². The van der Waals surface area contributed by atoms with Gasteiger partial charge in [-0.1, -0.05) is 6.07 Å².